The summed E-state index contributed by atoms with van der Waals surface area (Å²) in [6.07, 6.45) is 2.80. The number of carbonyl (C=O) groups excluding carboxylic acids is 2. The Bertz CT molecular complexity index is 364. The van der Waals surface area contributed by atoms with E-state index in [1.54, 1.807) is 0 Å². The molecular formula is C8H10N4O2. The minimum atomic E-state index is -0.610. The molecule has 1 rings (SSSR count). The smallest absolute Gasteiger partial charge is 0.255 e. The number of hydrogen-bond donors (Lipinski definition) is 3. The summed E-state index contributed by atoms with van der Waals surface area (Å²) in [6, 6.07) is 1.50. The second-order valence-electron chi connectivity index (χ2n) is 2.61. The van der Waals surface area contributed by atoms with Crippen molar-refractivity contribution in [2.75, 3.05) is 12.3 Å². The van der Waals surface area contributed by atoms with Crippen molar-refractivity contribution in [2.24, 2.45) is 5.73 Å². The average molecular weight is 194 g/mol. The number of pyridine rings is 1. The summed E-state index contributed by atoms with van der Waals surface area (Å²) in [7, 11) is 0. The number of nitrogens with one attached hydrogen (secondary N) is 1. The zero-order valence-electron chi connectivity index (χ0n) is 7.36. The first-order chi connectivity index (χ1) is 6.61. The molecule has 0 spiro atoms. The van der Waals surface area contributed by atoms with Gasteiger partial charge in [0.2, 0.25) is 5.91 Å². The summed E-state index contributed by atoms with van der Waals surface area (Å²) in [6.45, 7) is -0.215. The van der Waals surface area contributed by atoms with E-state index in [1.165, 1.54) is 18.5 Å². The molecule has 0 radical (unpaired) electrons. The summed E-state index contributed by atoms with van der Waals surface area (Å²) >= 11 is 0. The van der Waals surface area contributed by atoms with E-state index in [1.807, 2.05) is 0 Å². The van der Waals surface area contributed by atoms with Crippen molar-refractivity contribution >= 4 is 17.5 Å². The molecule has 6 heteroatoms. The van der Waals surface area contributed by atoms with Gasteiger partial charge in [0.05, 0.1) is 12.1 Å². The highest BCUT2D eigenvalue weighted by Crippen LogP contribution is 2.07. The highest BCUT2D eigenvalue weighted by molar-refractivity contribution is 6.00. The van der Waals surface area contributed by atoms with Crippen LogP contribution in [-0.2, 0) is 4.79 Å². The van der Waals surface area contributed by atoms with Gasteiger partial charge in [-0.05, 0) is 6.07 Å². The van der Waals surface area contributed by atoms with Crippen molar-refractivity contribution in [2.45, 2.75) is 0 Å². The first-order valence-electron chi connectivity index (χ1n) is 3.87. The molecule has 0 atom stereocenters. The Balaban J connectivity index is 2.70. The van der Waals surface area contributed by atoms with Crippen LogP contribution in [0, 0.1) is 0 Å². The van der Waals surface area contributed by atoms with Gasteiger partial charge in [-0.2, -0.15) is 0 Å². The summed E-state index contributed by atoms with van der Waals surface area (Å²) in [5.41, 5.74) is 10.9. The molecule has 0 saturated heterocycles. The molecule has 0 fully saturated rings. The summed E-state index contributed by atoms with van der Waals surface area (Å²) in [4.78, 5) is 25.4. The number of hydrogen-bond acceptors (Lipinski definition) is 4. The Morgan fingerprint density at radius 3 is 2.79 bits per heavy atom. The molecule has 0 bridgehead atoms. The molecule has 14 heavy (non-hydrogen) atoms. The van der Waals surface area contributed by atoms with Gasteiger partial charge in [0.1, 0.15) is 0 Å². The lowest BCUT2D eigenvalue weighted by Gasteiger charge is -2.04. The molecule has 0 aliphatic rings. The van der Waals surface area contributed by atoms with E-state index in [0.29, 0.717) is 5.69 Å². The van der Waals surface area contributed by atoms with Crippen LogP contribution in [0.5, 0.6) is 0 Å². The maximum atomic E-state index is 11.3. The van der Waals surface area contributed by atoms with E-state index < -0.39 is 11.8 Å². The highest BCUT2D eigenvalue weighted by Gasteiger charge is 2.09. The van der Waals surface area contributed by atoms with Gasteiger partial charge in [-0.1, -0.05) is 0 Å². The van der Waals surface area contributed by atoms with Crippen LogP contribution in [-0.4, -0.2) is 23.3 Å². The molecule has 0 aliphatic carbocycles. The standard InChI is InChI=1S/C8H10N4O2/c9-6-1-2-11-3-5(6)8(14)12-4-7(10)13/h1-3H,4H2,(H2,9,11)(H2,10,13)(H,12,14). The van der Waals surface area contributed by atoms with Crippen LogP contribution in [0.25, 0.3) is 0 Å². The third-order valence-electron chi connectivity index (χ3n) is 1.52. The topological polar surface area (TPSA) is 111 Å². The minimum absolute atomic E-state index is 0.215. The Labute approximate surface area is 80.3 Å². The summed E-state index contributed by atoms with van der Waals surface area (Å²) in [5, 5.41) is 2.31. The molecule has 5 N–H and O–H groups in total. The Morgan fingerprint density at radius 1 is 1.50 bits per heavy atom. The van der Waals surface area contributed by atoms with Crippen LogP contribution in [0.3, 0.4) is 0 Å². The molecule has 1 aromatic rings. The Hall–Kier alpha value is -2.11. The van der Waals surface area contributed by atoms with E-state index in [2.05, 4.69) is 10.3 Å². The van der Waals surface area contributed by atoms with Gasteiger partial charge in [0.25, 0.3) is 5.91 Å². The normalized spacial score (nSPS) is 9.43. The third-order valence-corrected chi connectivity index (χ3v) is 1.52. The first kappa shape index (κ1) is 9.97. The van der Waals surface area contributed by atoms with Crippen molar-refractivity contribution in [3.05, 3.63) is 24.0 Å². The average Bonchev–Trinajstić information content (AvgIpc) is 2.15. The predicted octanol–water partition coefficient (Wildman–Crippen LogP) is -1.12. The number of amides is 2. The molecule has 1 aromatic heterocycles. The molecule has 6 nitrogen and oxygen atoms in total. The van der Waals surface area contributed by atoms with E-state index in [9.17, 15) is 9.59 Å². The van der Waals surface area contributed by atoms with Gasteiger partial charge in [-0.3, -0.25) is 14.6 Å². The minimum Gasteiger partial charge on any atom is -0.398 e. The lowest BCUT2D eigenvalue weighted by atomic mass is 10.2. The summed E-state index contributed by atoms with van der Waals surface area (Å²) in [5.74, 6) is -1.07. The van der Waals surface area contributed by atoms with Crippen molar-refractivity contribution in [1.29, 1.82) is 0 Å². The number of anilines is 1. The summed E-state index contributed by atoms with van der Waals surface area (Å²) < 4.78 is 0. The van der Waals surface area contributed by atoms with Crippen LogP contribution < -0.4 is 16.8 Å². The monoisotopic (exact) mass is 194 g/mol. The molecule has 0 unspecified atom stereocenters. The number of nitrogens with zero attached hydrogens (tertiary/aromatic N) is 1. The number of primary amides is 1. The lowest BCUT2D eigenvalue weighted by molar-refractivity contribution is -0.117. The fraction of sp³-hybridized carbons (Fsp3) is 0.125. The van der Waals surface area contributed by atoms with Gasteiger partial charge < -0.3 is 16.8 Å². The van der Waals surface area contributed by atoms with Gasteiger partial charge >= 0.3 is 0 Å². The molecular weight excluding hydrogens is 184 g/mol. The van der Waals surface area contributed by atoms with Crippen molar-refractivity contribution < 1.29 is 9.59 Å². The molecule has 0 aliphatic heterocycles. The largest absolute Gasteiger partial charge is 0.398 e. The first-order valence-corrected chi connectivity index (χ1v) is 3.87. The van der Waals surface area contributed by atoms with E-state index in [0.717, 1.165) is 0 Å². The number of nitrogen functional groups attached to an aromatic ring is 1. The van der Waals surface area contributed by atoms with Gasteiger partial charge in [-0.25, -0.2) is 0 Å². The Morgan fingerprint density at radius 2 is 2.21 bits per heavy atom. The lowest BCUT2D eigenvalue weighted by Crippen LogP contribution is -2.33. The van der Waals surface area contributed by atoms with Crippen molar-refractivity contribution in [3.63, 3.8) is 0 Å². The van der Waals surface area contributed by atoms with Gasteiger partial charge in [0, 0.05) is 18.1 Å². The van der Waals surface area contributed by atoms with Crippen molar-refractivity contribution in [1.82, 2.24) is 10.3 Å². The molecule has 74 valence electrons. The second-order valence-corrected chi connectivity index (χ2v) is 2.61. The molecule has 0 aromatic carbocycles. The number of aromatic nitrogens is 1. The molecule has 0 saturated carbocycles. The van der Waals surface area contributed by atoms with E-state index in [-0.39, 0.29) is 12.1 Å². The number of rotatable bonds is 3. The fourth-order valence-electron chi connectivity index (χ4n) is 0.858. The number of nitrogens with two attached hydrogens (primary N) is 2. The van der Waals surface area contributed by atoms with Crippen LogP contribution in [0.4, 0.5) is 5.69 Å². The third kappa shape index (κ3) is 2.44. The van der Waals surface area contributed by atoms with Gasteiger partial charge in [0.15, 0.2) is 0 Å². The maximum absolute atomic E-state index is 11.3. The number of carbonyl (C=O) groups is 2. The zero-order chi connectivity index (χ0) is 10.6. The van der Waals surface area contributed by atoms with Gasteiger partial charge in [-0.15, -0.1) is 0 Å². The van der Waals surface area contributed by atoms with Crippen molar-refractivity contribution in [3.8, 4) is 0 Å². The van der Waals surface area contributed by atoms with Crippen LogP contribution in [0.1, 0.15) is 10.4 Å². The second kappa shape index (κ2) is 4.22. The van der Waals surface area contributed by atoms with Crippen LogP contribution >= 0.6 is 0 Å². The highest BCUT2D eigenvalue weighted by atomic mass is 16.2. The predicted molar refractivity (Wildman–Crippen MR) is 50.2 cm³/mol. The SMILES string of the molecule is NC(=O)CNC(=O)c1cnccc1N. The molecule has 1 heterocycles. The van der Waals surface area contributed by atoms with Crippen LogP contribution in [0.2, 0.25) is 0 Å². The van der Waals surface area contributed by atoms with E-state index in [4.69, 9.17) is 11.5 Å². The molecule has 2 amide bonds. The quantitative estimate of drug-likeness (QED) is 0.565. The Kier molecular flexibility index (Phi) is 3.01. The maximum Gasteiger partial charge on any atom is 0.255 e. The fourth-order valence-corrected chi connectivity index (χ4v) is 0.858. The van der Waals surface area contributed by atoms with Crippen LogP contribution in [0.15, 0.2) is 18.5 Å². The zero-order valence-corrected chi connectivity index (χ0v) is 7.36. The van der Waals surface area contributed by atoms with E-state index >= 15 is 0 Å².